The summed E-state index contributed by atoms with van der Waals surface area (Å²) in [4.78, 5) is 40.3. The second kappa shape index (κ2) is 7.65. The van der Waals surface area contributed by atoms with Gasteiger partial charge in [0.2, 0.25) is 0 Å². The number of likely N-dealkylation sites (N-methyl/N-ethyl adjacent to an activating group) is 1. The number of aromatic carboxylic acids is 1. The van der Waals surface area contributed by atoms with Crippen LogP contribution in [-0.4, -0.2) is 39.0 Å². The second-order valence-corrected chi connectivity index (χ2v) is 7.04. The minimum Gasteiger partial charge on any atom is -0.478 e. The molecule has 1 amide bonds. The summed E-state index contributed by atoms with van der Waals surface area (Å²) in [5.41, 5.74) is 1.57. The molecule has 28 heavy (non-hydrogen) atoms. The third-order valence-electron chi connectivity index (χ3n) is 4.05. The fourth-order valence-corrected chi connectivity index (χ4v) is 3.52. The van der Waals surface area contributed by atoms with Gasteiger partial charge in [-0.25, -0.2) is 9.79 Å². The summed E-state index contributed by atoms with van der Waals surface area (Å²) in [6.45, 7) is 1.65. The van der Waals surface area contributed by atoms with Crippen molar-refractivity contribution in [1.29, 1.82) is 0 Å². The molecule has 0 spiro atoms. The number of aryl methyl sites for hydroxylation is 1. The van der Waals surface area contributed by atoms with Crippen molar-refractivity contribution in [3.05, 3.63) is 74.2 Å². The van der Waals surface area contributed by atoms with E-state index in [4.69, 9.17) is 5.11 Å². The van der Waals surface area contributed by atoms with Crippen LogP contribution in [0.1, 0.15) is 21.5 Å². The van der Waals surface area contributed by atoms with Gasteiger partial charge < -0.3 is 5.11 Å². The molecule has 0 atom stereocenters. The Morgan fingerprint density at radius 1 is 1.29 bits per heavy atom. The van der Waals surface area contributed by atoms with E-state index in [9.17, 15) is 19.7 Å². The number of thioether (sulfide) groups is 1. The van der Waals surface area contributed by atoms with Gasteiger partial charge >= 0.3 is 5.97 Å². The van der Waals surface area contributed by atoms with Gasteiger partial charge in [0.25, 0.3) is 11.6 Å². The highest BCUT2D eigenvalue weighted by molar-refractivity contribution is 8.18. The summed E-state index contributed by atoms with van der Waals surface area (Å²) in [6.07, 6.45) is 1.58. The smallest absolute Gasteiger partial charge is 0.335 e. The third-order valence-corrected chi connectivity index (χ3v) is 5.11. The molecule has 0 unspecified atom stereocenters. The zero-order chi connectivity index (χ0) is 20.4. The van der Waals surface area contributed by atoms with Gasteiger partial charge in [0.1, 0.15) is 0 Å². The lowest BCUT2D eigenvalue weighted by atomic mass is 10.1. The van der Waals surface area contributed by atoms with Gasteiger partial charge in [-0.1, -0.05) is 18.2 Å². The van der Waals surface area contributed by atoms with Crippen molar-refractivity contribution in [3.8, 4) is 0 Å². The molecule has 1 saturated heterocycles. The average Bonchev–Trinajstić information content (AvgIpc) is 2.91. The van der Waals surface area contributed by atoms with Crippen molar-refractivity contribution < 1.29 is 19.6 Å². The van der Waals surface area contributed by atoms with E-state index in [0.717, 1.165) is 11.8 Å². The fourth-order valence-electron chi connectivity index (χ4n) is 2.53. The van der Waals surface area contributed by atoms with Gasteiger partial charge in [-0.2, -0.15) is 0 Å². The van der Waals surface area contributed by atoms with Crippen LogP contribution in [0.25, 0.3) is 6.08 Å². The number of carboxylic acid groups (broad SMARTS) is 1. The Morgan fingerprint density at radius 2 is 2.04 bits per heavy atom. The molecule has 2 aromatic carbocycles. The first kappa shape index (κ1) is 19.3. The van der Waals surface area contributed by atoms with Gasteiger partial charge in [0.05, 0.1) is 21.1 Å². The lowest BCUT2D eigenvalue weighted by Crippen LogP contribution is -2.23. The van der Waals surface area contributed by atoms with E-state index in [1.165, 1.54) is 23.1 Å². The van der Waals surface area contributed by atoms with E-state index in [1.54, 1.807) is 44.3 Å². The van der Waals surface area contributed by atoms with Crippen LogP contribution < -0.4 is 0 Å². The number of hydrogen-bond donors (Lipinski definition) is 1. The largest absolute Gasteiger partial charge is 0.478 e. The number of rotatable bonds is 4. The summed E-state index contributed by atoms with van der Waals surface area (Å²) >= 11 is 1.12. The highest BCUT2D eigenvalue weighted by atomic mass is 32.2. The standard InChI is InChI=1S/C19H15N3O5S/c1-11-6-7-12(8-15(11)22(26)27)9-16-17(23)21(2)19(28-16)20-14-5-3-4-13(10-14)18(24)25/h3-10H,1-2H3,(H,24,25)/b16-9+,20-19?. The van der Waals surface area contributed by atoms with Crippen molar-refractivity contribution in [3.63, 3.8) is 0 Å². The summed E-state index contributed by atoms with van der Waals surface area (Å²) in [5, 5.41) is 20.6. The molecule has 3 rings (SSSR count). The lowest BCUT2D eigenvalue weighted by molar-refractivity contribution is -0.385. The third kappa shape index (κ3) is 3.94. The van der Waals surface area contributed by atoms with Crippen LogP contribution in [0, 0.1) is 17.0 Å². The number of nitrogens with zero attached hydrogens (tertiary/aromatic N) is 3. The molecular weight excluding hydrogens is 382 g/mol. The Kier molecular flexibility index (Phi) is 5.27. The van der Waals surface area contributed by atoms with Gasteiger partial charge in [-0.15, -0.1) is 0 Å². The Morgan fingerprint density at radius 3 is 2.71 bits per heavy atom. The predicted molar refractivity (Wildman–Crippen MR) is 107 cm³/mol. The molecule has 0 aliphatic carbocycles. The van der Waals surface area contributed by atoms with Crippen LogP contribution in [0.2, 0.25) is 0 Å². The van der Waals surface area contributed by atoms with Gasteiger partial charge in [0, 0.05) is 18.7 Å². The normalized spacial score (nSPS) is 16.8. The number of aliphatic imine (C=N–C) groups is 1. The van der Waals surface area contributed by atoms with Crippen molar-refractivity contribution in [2.24, 2.45) is 4.99 Å². The molecule has 1 N–H and O–H groups in total. The summed E-state index contributed by atoms with van der Waals surface area (Å²) in [6, 6.07) is 10.8. The van der Waals surface area contributed by atoms with Crippen LogP contribution in [0.5, 0.6) is 0 Å². The van der Waals surface area contributed by atoms with E-state index in [1.807, 2.05) is 0 Å². The number of hydrogen-bond acceptors (Lipinski definition) is 6. The molecule has 0 aromatic heterocycles. The van der Waals surface area contributed by atoms with Crippen LogP contribution >= 0.6 is 11.8 Å². The first-order valence-electron chi connectivity index (χ1n) is 8.11. The number of amidine groups is 1. The first-order chi connectivity index (χ1) is 13.3. The van der Waals surface area contributed by atoms with E-state index >= 15 is 0 Å². The van der Waals surface area contributed by atoms with E-state index in [-0.39, 0.29) is 17.2 Å². The maximum atomic E-state index is 12.5. The molecule has 1 fully saturated rings. The van der Waals surface area contributed by atoms with Crippen molar-refractivity contribution >= 4 is 46.3 Å². The number of carboxylic acids is 1. The van der Waals surface area contributed by atoms with E-state index < -0.39 is 10.9 Å². The molecule has 1 aliphatic heterocycles. The predicted octanol–water partition coefficient (Wildman–Crippen LogP) is 3.84. The number of nitro benzene ring substituents is 1. The molecule has 2 aromatic rings. The fraction of sp³-hybridized carbons (Fsp3) is 0.105. The van der Waals surface area contributed by atoms with Crippen LogP contribution in [0.15, 0.2) is 52.4 Å². The SMILES string of the molecule is Cc1ccc(/C=C2/SC(=Nc3cccc(C(=O)O)c3)N(C)C2=O)cc1[N+](=O)[O-]. The Balaban J connectivity index is 1.92. The molecule has 0 saturated carbocycles. The van der Waals surface area contributed by atoms with Gasteiger partial charge in [-0.05, 0) is 48.5 Å². The Bertz CT molecular complexity index is 1060. The van der Waals surface area contributed by atoms with Crippen LogP contribution in [0.3, 0.4) is 0 Å². The molecule has 1 heterocycles. The number of carbonyl (C=O) groups excluding carboxylic acids is 1. The zero-order valence-corrected chi connectivity index (χ0v) is 15.8. The maximum Gasteiger partial charge on any atom is 0.335 e. The highest BCUT2D eigenvalue weighted by Crippen LogP contribution is 2.34. The molecule has 142 valence electrons. The van der Waals surface area contributed by atoms with Crippen LogP contribution in [0.4, 0.5) is 11.4 Å². The number of carbonyl (C=O) groups is 2. The Labute approximate surface area is 164 Å². The lowest BCUT2D eigenvalue weighted by Gasteiger charge is -2.07. The summed E-state index contributed by atoms with van der Waals surface area (Å²) in [7, 11) is 1.56. The van der Waals surface area contributed by atoms with Crippen LogP contribution in [-0.2, 0) is 4.79 Å². The summed E-state index contributed by atoms with van der Waals surface area (Å²) in [5.74, 6) is -1.35. The number of benzene rings is 2. The quantitative estimate of drug-likeness (QED) is 0.476. The minimum atomic E-state index is -1.06. The number of amides is 1. The Hall–Kier alpha value is -3.46. The first-order valence-corrected chi connectivity index (χ1v) is 8.92. The molecule has 1 aliphatic rings. The van der Waals surface area contributed by atoms with E-state index in [0.29, 0.717) is 26.9 Å². The second-order valence-electron chi connectivity index (χ2n) is 6.03. The molecule has 0 radical (unpaired) electrons. The van der Waals surface area contributed by atoms with Crippen molar-refractivity contribution in [1.82, 2.24) is 4.90 Å². The monoisotopic (exact) mass is 397 g/mol. The summed E-state index contributed by atoms with van der Waals surface area (Å²) < 4.78 is 0. The topological polar surface area (TPSA) is 113 Å². The van der Waals surface area contributed by atoms with Crippen molar-refractivity contribution in [2.45, 2.75) is 6.92 Å². The number of nitro groups is 1. The average molecular weight is 397 g/mol. The molecule has 0 bridgehead atoms. The molecule has 8 nitrogen and oxygen atoms in total. The maximum absolute atomic E-state index is 12.5. The highest BCUT2D eigenvalue weighted by Gasteiger charge is 2.30. The van der Waals surface area contributed by atoms with Gasteiger partial charge in [0.15, 0.2) is 5.17 Å². The van der Waals surface area contributed by atoms with E-state index in [2.05, 4.69) is 4.99 Å². The molecular formula is C19H15N3O5S. The minimum absolute atomic E-state index is 0.0162. The zero-order valence-electron chi connectivity index (χ0n) is 14.9. The van der Waals surface area contributed by atoms with Gasteiger partial charge in [-0.3, -0.25) is 19.8 Å². The van der Waals surface area contributed by atoms with Crippen molar-refractivity contribution in [2.75, 3.05) is 7.05 Å². The molecule has 9 heteroatoms.